The molecule has 41 heavy (non-hydrogen) atoms. The van der Waals surface area contributed by atoms with E-state index in [1.54, 1.807) is 18.2 Å². The summed E-state index contributed by atoms with van der Waals surface area (Å²) in [7, 11) is -1.40. The number of hydrogen-bond acceptors (Lipinski definition) is 6. The molecule has 0 aromatic heterocycles. The predicted molar refractivity (Wildman–Crippen MR) is 155 cm³/mol. The summed E-state index contributed by atoms with van der Waals surface area (Å²) in [5.41, 5.74) is 1.20. The number of carbonyl (C=O) groups excluding carboxylic acids is 2. The van der Waals surface area contributed by atoms with Crippen LogP contribution >= 0.6 is 0 Å². The van der Waals surface area contributed by atoms with Gasteiger partial charge in [0.05, 0.1) is 24.8 Å². The van der Waals surface area contributed by atoms with Gasteiger partial charge in [-0.15, -0.1) is 0 Å². The van der Waals surface area contributed by atoms with Crippen LogP contribution in [0.25, 0.3) is 0 Å². The number of halogens is 1. The molecule has 0 spiro atoms. The molecular formula is C30H36FN3O6S. The molecule has 0 aliphatic heterocycles. The van der Waals surface area contributed by atoms with Crippen molar-refractivity contribution in [3.8, 4) is 11.5 Å². The smallest absolute Gasteiger partial charge is 0.264 e. The zero-order valence-corrected chi connectivity index (χ0v) is 24.7. The van der Waals surface area contributed by atoms with Crippen molar-refractivity contribution in [3.05, 3.63) is 83.7 Å². The number of methoxy groups -OCH3 is 2. The second kappa shape index (κ2) is 14.0. The molecule has 0 bridgehead atoms. The number of carbonyl (C=O) groups is 2. The van der Waals surface area contributed by atoms with Gasteiger partial charge in [-0.2, -0.15) is 0 Å². The second-order valence-corrected chi connectivity index (χ2v) is 11.3. The Hall–Kier alpha value is -4.12. The van der Waals surface area contributed by atoms with E-state index in [1.807, 2.05) is 13.8 Å². The number of amides is 2. The number of nitrogens with zero attached hydrogens (tertiary/aromatic N) is 2. The number of anilines is 1. The molecule has 9 nitrogen and oxygen atoms in total. The molecule has 0 aliphatic rings. The van der Waals surface area contributed by atoms with E-state index in [9.17, 15) is 22.4 Å². The lowest BCUT2D eigenvalue weighted by Gasteiger charge is -2.32. The number of hydrogen-bond donors (Lipinski definition) is 1. The molecule has 1 atom stereocenters. The van der Waals surface area contributed by atoms with Crippen LogP contribution in [0.5, 0.6) is 11.5 Å². The summed E-state index contributed by atoms with van der Waals surface area (Å²) in [6.45, 7) is 4.74. The SMILES string of the molecule is CCCNC(=O)C(C)N(Cc1ccccc1F)C(=O)CN(c1ccc(OC)c(OC)c1)S(=O)(=O)c1ccc(C)cc1. The maximum absolute atomic E-state index is 14.6. The van der Waals surface area contributed by atoms with Crippen LogP contribution in [0.4, 0.5) is 10.1 Å². The summed E-state index contributed by atoms with van der Waals surface area (Å²) >= 11 is 0. The zero-order valence-electron chi connectivity index (χ0n) is 23.9. The Balaban J connectivity index is 2.09. The Kier molecular flexibility index (Phi) is 10.7. The Morgan fingerprint density at radius 2 is 1.63 bits per heavy atom. The van der Waals surface area contributed by atoms with Gasteiger partial charge in [0.25, 0.3) is 10.0 Å². The lowest BCUT2D eigenvalue weighted by molar-refractivity contribution is -0.139. The van der Waals surface area contributed by atoms with Crippen molar-refractivity contribution in [2.24, 2.45) is 0 Å². The topological polar surface area (TPSA) is 105 Å². The average molecular weight is 586 g/mol. The first-order chi connectivity index (χ1) is 19.5. The lowest BCUT2D eigenvalue weighted by atomic mass is 10.1. The van der Waals surface area contributed by atoms with Crippen LogP contribution in [-0.2, 0) is 26.2 Å². The minimum absolute atomic E-state index is 0.0277. The fourth-order valence-corrected chi connectivity index (χ4v) is 5.54. The number of aryl methyl sites for hydroxylation is 1. The molecule has 1 unspecified atom stereocenters. The van der Waals surface area contributed by atoms with Crippen molar-refractivity contribution >= 4 is 27.5 Å². The molecule has 0 aliphatic carbocycles. The van der Waals surface area contributed by atoms with Crippen molar-refractivity contribution in [1.82, 2.24) is 10.2 Å². The summed E-state index contributed by atoms with van der Waals surface area (Å²) in [5.74, 6) is -1.04. The largest absolute Gasteiger partial charge is 0.493 e. The van der Waals surface area contributed by atoms with E-state index in [-0.39, 0.29) is 28.4 Å². The van der Waals surface area contributed by atoms with Crippen LogP contribution in [0.2, 0.25) is 0 Å². The second-order valence-electron chi connectivity index (χ2n) is 9.44. The number of sulfonamides is 1. The number of ether oxygens (including phenoxy) is 2. The molecule has 0 saturated carbocycles. The van der Waals surface area contributed by atoms with Crippen LogP contribution < -0.4 is 19.1 Å². The lowest BCUT2D eigenvalue weighted by Crippen LogP contribution is -2.51. The summed E-state index contributed by atoms with van der Waals surface area (Å²) < 4.78 is 54.2. The van der Waals surface area contributed by atoms with Crippen LogP contribution in [0.3, 0.4) is 0 Å². The minimum atomic E-state index is -4.27. The van der Waals surface area contributed by atoms with Gasteiger partial charge in [-0.3, -0.25) is 13.9 Å². The summed E-state index contributed by atoms with van der Waals surface area (Å²) in [5, 5.41) is 2.75. The molecule has 2 amide bonds. The van der Waals surface area contributed by atoms with Gasteiger partial charge in [0, 0.05) is 24.7 Å². The van der Waals surface area contributed by atoms with E-state index < -0.39 is 40.2 Å². The van der Waals surface area contributed by atoms with Crippen LogP contribution in [-0.4, -0.2) is 58.5 Å². The molecule has 11 heteroatoms. The van der Waals surface area contributed by atoms with Crippen LogP contribution in [0.1, 0.15) is 31.4 Å². The van der Waals surface area contributed by atoms with E-state index >= 15 is 0 Å². The molecule has 220 valence electrons. The Morgan fingerprint density at radius 3 is 2.24 bits per heavy atom. The molecule has 0 saturated heterocycles. The third-order valence-corrected chi connectivity index (χ3v) is 8.35. The summed E-state index contributed by atoms with van der Waals surface area (Å²) in [4.78, 5) is 28.0. The molecule has 3 rings (SSSR count). The normalized spacial score (nSPS) is 11.9. The van der Waals surface area contributed by atoms with Crippen molar-refractivity contribution in [2.45, 2.75) is 44.7 Å². The van der Waals surface area contributed by atoms with Gasteiger partial charge in [0.2, 0.25) is 11.8 Å². The Bertz CT molecular complexity index is 1460. The van der Waals surface area contributed by atoms with Crippen molar-refractivity contribution in [2.75, 3.05) is 31.6 Å². The molecule has 0 fully saturated rings. The molecule has 0 radical (unpaired) electrons. The summed E-state index contributed by atoms with van der Waals surface area (Å²) in [6.07, 6.45) is 0.682. The Labute approximate surface area is 240 Å². The monoisotopic (exact) mass is 585 g/mol. The van der Waals surface area contributed by atoms with Gasteiger partial charge in [0.15, 0.2) is 11.5 Å². The Morgan fingerprint density at radius 1 is 0.976 bits per heavy atom. The van der Waals surface area contributed by atoms with Crippen molar-refractivity contribution < 1.29 is 31.9 Å². The van der Waals surface area contributed by atoms with Crippen LogP contribution in [0.15, 0.2) is 71.6 Å². The first-order valence-corrected chi connectivity index (χ1v) is 14.6. The van der Waals surface area contributed by atoms with E-state index in [2.05, 4.69) is 5.32 Å². The minimum Gasteiger partial charge on any atom is -0.493 e. The quantitative estimate of drug-likeness (QED) is 0.321. The standard InChI is InChI=1S/C30H36FN3O6S/c1-6-17-32-30(36)22(3)33(19-23-9-7-8-10-26(23)31)29(35)20-34(24-13-16-27(39-4)28(18-24)40-5)41(37,38)25-14-11-21(2)12-15-25/h7-16,18,22H,6,17,19-20H2,1-5H3,(H,32,36). The predicted octanol–water partition coefficient (Wildman–Crippen LogP) is 4.29. The van der Waals surface area contributed by atoms with Gasteiger partial charge in [-0.1, -0.05) is 42.8 Å². The summed E-state index contributed by atoms with van der Waals surface area (Å²) in [6, 6.07) is 15.6. The third-order valence-electron chi connectivity index (χ3n) is 6.56. The van der Waals surface area contributed by atoms with Gasteiger partial charge in [0.1, 0.15) is 18.4 Å². The number of rotatable bonds is 13. The highest BCUT2D eigenvalue weighted by Gasteiger charge is 2.33. The molecule has 1 N–H and O–H groups in total. The highest BCUT2D eigenvalue weighted by molar-refractivity contribution is 7.92. The molecule has 3 aromatic rings. The zero-order chi connectivity index (χ0) is 30.2. The molecule has 3 aromatic carbocycles. The van der Waals surface area contributed by atoms with E-state index in [0.717, 1.165) is 9.87 Å². The van der Waals surface area contributed by atoms with Gasteiger partial charge in [-0.25, -0.2) is 12.8 Å². The maximum atomic E-state index is 14.6. The van der Waals surface area contributed by atoms with E-state index in [4.69, 9.17) is 9.47 Å². The van der Waals surface area contributed by atoms with Crippen LogP contribution in [0, 0.1) is 12.7 Å². The van der Waals surface area contributed by atoms with Gasteiger partial charge < -0.3 is 19.7 Å². The van der Waals surface area contributed by atoms with E-state index in [0.29, 0.717) is 18.7 Å². The fraction of sp³-hybridized carbons (Fsp3) is 0.333. The highest BCUT2D eigenvalue weighted by Crippen LogP contribution is 2.34. The third kappa shape index (κ3) is 7.55. The number of nitrogens with one attached hydrogen (secondary N) is 1. The maximum Gasteiger partial charge on any atom is 0.264 e. The highest BCUT2D eigenvalue weighted by atomic mass is 32.2. The molecular weight excluding hydrogens is 549 g/mol. The van der Waals surface area contributed by atoms with Crippen molar-refractivity contribution in [3.63, 3.8) is 0 Å². The fourth-order valence-electron chi connectivity index (χ4n) is 4.13. The first kappa shape index (κ1) is 31.4. The molecule has 0 heterocycles. The first-order valence-electron chi connectivity index (χ1n) is 13.2. The van der Waals surface area contributed by atoms with Crippen molar-refractivity contribution in [1.29, 1.82) is 0 Å². The van der Waals surface area contributed by atoms with Gasteiger partial charge >= 0.3 is 0 Å². The van der Waals surface area contributed by atoms with Gasteiger partial charge in [-0.05, 0) is 50.6 Å². The average Bonchev–Trinajstić information content (AvgIpc) is 2.97. The van der Waals surface area contributed by atoms with E-state index in [1.165, 1.54) is 74.6 Å². The number of benzene rings is 3.